The molecule has 0 fully saturated rings. The van der Waals surface area contributed by atoms with Gasteiger partial charge in [0.1, 0.15) is 0 Å². The van der Waals surface area contributed by atoms with Gasteiger partial charge in [0.2, 0.25) is 0 Å². The van der Waals surface area contributed by atoms with Crippen molar-refractivity contribution >= 4 is 21.8 Å². The molecule has 8 heavy (non-hydrogen) atoms. The van der Waals surface area contributed by atoms with E-state index < -0.39 is 0 Å². The SMILES string of the molecule is [C-]#[N+]/C(=C/[Se])C(C)=O. The van der Waals surface area contributed by atoms with Crippen LogP contribution >= 0.6 is 0 Å². The predicted molar refractivity (Wildman–Crippen MR) is 31.1 cm³/mol. The fraction of sp³-hybridized carbons (Fsp3) is 0.200. The molecule has 41 valence electrons. The molecule has 0 aromatic heterocycles. The number of carbonyl (C=O) groups is 1. The second-order valence-corrected chi connectivity index (χ2v) is 1.67. The van der Waals surface area contributed by atoms with E-state index in [4.69, 9.17) is 6.57 Å². The van der Waals surface area contributed by atoms with Crippen molar-refractivity contribution in [3.63, 3.8) is 0 Å². The molecule has 0 rings (SSSR count). The summed E-state index contributed by atoms with van der Waals surface area (Å²) in [5.41, 5.74) is 0.157. The van der Waals surface area contributed by atoms with Gasteiger partial charge in [0, 0.05) is 0 Å². The Bertz CT molecular complexity index is 166. The number of allylic oxidation sites excluding steroid dienone is 1. The Morgan fingerprint density at radius 2 is 2.38 bits per heavy atom. The van der Waals surface area contributed by atoms with Crippen molar-refractivity contribution in [2.75, 3.05) is 0 Å². The molecule has 0 spiro atoms. The molecule has 0 saturated heterocycles. The molecule has 1 radical (unpaired) electrons. The van der Waals surface area contributed by atoms with Gasteiger partial charge in [-0.3, -0.25) is 0 Å². The first-order valence-corrected chi connectivity index (χ1v) is 2.91. The zero-order valence-corrected chi connectivity index (χ0v) is 6.05. The van der Waals surface area contributed by atoms with Crippen LogP contribution < -0.4 is 0 Å². The fourth-order valence-electron chi connectivity index (χ4n) is 0.188. The summed E-state index contributed by atoms with van der Waals surface area (Å²) >= 11 is 2.48. The van der Waals surface area contributed by atoms with Gasteiger partial charge < -0.3 is 0 Å². The van der Waals surface area contributed by atoms with Gasteiger partial charge in [0.15, 0.2) is 0 Å². The number of nitrogens with zero attached hydrogens (tertiary/aromatic N) is 1. The van der Waals surface area contributed by atoms with Gasteiger partial charge in [0.25, 0.3) is 0 Å². The Hall–Kier alpha value is -0.581. The van der Waals surface area contributed by atoms with Gasteiger partial charge in [-0.05, 0) is 0 Å². The molecule has 0 unspecified atom stereocenters. The van der Waals surface area contributed by atoms with Crippen LogP contribution in [0.3, 0.4) is 0 Å². The average molecular weight is 173 g/mol. The molecule has 0 bridgehead atoms. The summed E-state index contributed by atoms with van der Waals surface area (Å²) in [7, 11) is 0. The molecule has 3 heteroatoms. The molecule has 0 aliphatic carbocycles. The molecule has 0 aliphatic heterocycles. The minimum atomic E-state index is -0.196. The third kappa shape index (κ3) is 1.92. The van der Waals surface area contributed by atoms with Crippen molar-refractivity contribution in [3.8, 4) is 0 Å². The number of hydrogen-bond donors (Lipinski definition) is 0. The molecule has 0 N–H and O–H groups in total. The van der Waals surface area contributed by atoms with Gasteiger partial charge >= 0.3 is 55.6 Å². The number of rotatable bonds is 1. The summed E-state index contributed by atoms with van der Waals surface area (Å²) in [5.74, 6) is -0.196. The van der Waals surface area contributed by atoms with Crippen LogP contribution in [0, 0.1) is 6.57 Å². The van der Waals surface area contributed by atoms with Gasteiger partial charge in [-0.25, -0.2) is 0 Å². The summed E-state index contributed by atoms with van der Waals surface area (Å²) in [6.45, 7) is 7.77. The van der Waals surface area contributed by atoms with Crippen molar-refractivity contribution in [2.24, 2.45) is 0 Å². The second kappa shape index (κ2) is 3.43. The Morgan fingerprint density at radius 3 is 2.38 bits per heavy atom. The Morgan fingerprint density at radius 1 is 1.88 bits per heavy atom. The van der Waals surface area contributed by atoms with Crippen molar-refractivity contribution in [3.05, 3.63) is 22.1 Å². The zero-order valence-electron chi connectivity index (χ0n) is 4.34. The summed E-state index contributed by atoms with van der Waals surface area (Å²) < 4.78 is 0. The normalized spacial score (nSPS) is 10.2. The summed E-state index contributed by atoms with van der Waals surface area (Å²) in [5, 5.41) is 0. The number of Topliss-reactive ketones (excluding diaryl/α,β-unsaturated/α-hetero) is 1. The molecule has 0 amide bonds. The quantitative estimate of drug-likeness (QED) is 0.321. The van der Waals surface area contributed by atoms with E-state index in [2.05, 4.69) is 20.9 Å². The van der Waals surface area contributed by atoms with E-state index >= 15 is 0 Å². The summed E-state index contributed by atoms with van der Waals surface area (Å²) in [6, 6.07) is 0. The molecule has 0 saturated carbocycles. The number of ketones is 1. The topological polar surface area (TPSA) is 21.4 Å². The van der Waals surface area contributed by atoms with Gasteiger partial charge in [-0.15, -0.1) is 0 Å². The third-order valence-corrected chi connectivity index (χ3v) is 1.06. The first-order valence-electron chi connectivity index (χ1n) is 1.93. The van der Waals surface area contributed by atoms with Crippen molar-refractivity contribution in [1.29, 1.82) is 0 Å². The van der Waals surface area contributed by atoms with Gasteiger partial charge in [0.05, 0.1) is 0 Å². The van der Waals surface area contributed by atoms with Crippen LogP contribution in [0.1, 0.15) is 6.92 Å². The van der Waals surface area contributed by atoms with Crippen LogP contribution in [0.2, 0.25) is 0 Å². The standard InChI is InChI=1S/C5H4NOSe/c1-4(7)5(3-8)6-2/h3H,1H3/b5-3+. The summed E-state index contributed by atoms with van der Waals surface area (Å²) in [4.78, 5) is 14.6. The van der Waals surface area contributed by atoms with Crippen molar-refractivity contribution in [1.82, 2.24) is 0 Å². The van der Waals surface area contributed by atoms with E-state index in [-0.39, 0.29) is 11.5 Å². The van der Waals surface area contributed by atoms with Crippen LogP contribution in [0.25, 0.3) is 4.85 Å². The molecule has 0 aromatic carbocycles. The monoisotopic (exact) mass is 174 g/mol. The van der Waals surface area contributed by atoms with E-state index in [1.807, 2.05) is 0 Å². The molecule has 0 aliphatic rings. The van der Waals surface area contributed by atoms with Crippen LogP contribution in [0.15, 0.2) is 10.7 Å². The molecule has 0 aromatic rings. The minimum absolute atomic E-state index is 0.157. The van der Waals surface area contributed by atoms with Crippen LogP contribution in [-0.2, 0) is 4.79 Å². The number of hydrogen-bond acceptors (Lipinski definition) is 1. The van der Waals surface area contributed by atoms with E-state index in [1.165, 1.54) is 11.9 Å². The van der Waals surface area contributed by atoms with E-state index in [9.17, 15) is 4.79 Å². The van der Waals surface area contributed by atoms with E-state index in [1.54, 1.807) is 0 Å². The molecule has 2 nitrogen and oxygen atoms in total. The number of carbonyl (C=O) groups excluding carboxylic acids is 1. The van der Waals surface area contributed by atoms with Crippen molar-refractivity contribution < 1.29 is 4.79 Å². The predicted octanol–water partition coefficient (Wildman–Crippen LogP) is 0.505. The maximum absolute atomic E-state index is 10.3. The first-order chi connectivity index (χ1) is 3.72. The molecular formula is C5H4NOSe. The van der Waals surface area contributed by atoms with Crippen molar-refractivity contribution in [2.45, 2.75) is 6.92 Å². The van der Waals surface area contributed by atoms with Gasteiger partial charge in [-0.1, -0.05) is 0 Å². The Balaban J connectivity index is 4.20. The van der Waals surface area contributed by atoms with E-state index in [0.29, 0.717) is 0 Å². The first kappa shape index (κ1) is 7.42. The second-order valence-electron chi connectivity index (χ2n) is 1.17. The van der Waals surface area contributed by atoms with Crippen LogP contribution in [0.5, 0.6) is 0 Å². The molecule has 0 atom stereocenters. The van der Waals surface area contributed by atoms with E-state index in [0.717, 1.165) is 0 Å². The molecular weight excluding hydrogens is 169 g/mol. The van der Waals surface area contributed by atoms with Crippen LogP contribution in [-0.4, -0.2) is 21.8 Å². The fourth-order valence-corrected chi connectivity index (χ4v) is 0.647. The Kier molecular flexibility index (Phi) is 3.18. The maximum atomic E-state index is 10.3. The van der Waals surface area contributed by atoms with Crippen LogP contribution in [0.4, 0.5) is 0 Å². The zero-order chi connectivity index (χ0) is 6.57. The molecule has 0 heterocycles. The Labute approximate surface area is 56.2 Å². The third-order valence-electron chi connectivity index (χ3n) is 0.593. The average Bonchev–Trinajstić information content (AvgIpc) is 1.69. The van der Waals surface area contributed by atoms with Gasteiger partial charge in [-0.2, -0.15) is 0 Å². The summed E-state index contributed by atoms with van der Waals surface area (Å²) in [6.07, 6.45) is 0.